The molecule has 3 rings (SSSR count). The van der Waals surface area contributed by atoms with Gasteiger partial charge in [-0.25, -0.2) is 0 Å². The maximum atomic E-state index is 11.7. The summed E-state index contributed by atoms with van der Waals surface area (Å²) >= 11 is 0. The fourth-order valence-corrected chi connectivity index (χ4v) is 2.71. The molecule has 0 bridgehead atoms. The minimum atomic E-state index is 0.200. The lowest BCUT2D eigenvalue weighted by Crippen LogP contribution is -2.43. The Hall–Kier alpha value is -1.46. The first-order valence-electron chi connectivity index (χ1n) is 6.75. The van der Waals surface area contributed by atoms with Crippen LogP contribution in [0.3, 0.4) is 0 Å². The van der Waals surface area contributed by atoms with Gasteiger partial charge in [-0.15, -0.1) is 10.2 Å². The second kappa shape index (κ2) is 4.66. The monoisotopic (exact) mass is 249 g/mol. The first-order valence-corrected chi connectivity index (χ1v) is 6.75. The van der Waals surface area contributed by atoms with E-state index in [1.807, 2.05) is 0 Å². The highest BCUT2D eigenvalue weighted by Crippen LogP contribution is 2.41. The number of carbonyl (C=O) groups excluding carboxylic acids is 1. The van der Waals surface area contributed by atoms with Crippen molar-refractivity contribution in [1.29, 1.82) is 0 Å². The van der Waals surface area contributed by atoms with Crippen LogP contribution in [0.5, 0.6) is 0 Å². The predicted octanol–water partition coefficient (Wildman–Crippen LogP) is 0.998. The Morgan fingerprint density at radius 3 is 2.83 bits per heavy atom. The Kier molecular flexibility index (Phi) is 3.01. The average Bonchev–Trinajstić information content (AvgIpc) is 2.79. The van der Waals surface area contributed by atoms with Crippen molar-refractivity contribution in [3.63, 3.8) is 0 Å². The van der Waals surface area contributed by atoms with Gasteiger partial charge in [-0.2, -0.15) is 5.21 Å². The molecule has 2 fully saturated rings. The summed E-state index contributed by atoms with van der Waals surface area (Å²) in [4.78, 5) is 11.7. The van der Waals surface area contributed by atoms with Gasteiger partial charge in [0.05, 0.1) is 0 Å². The van der Waals surface area contributed by atoms with Crippen LogP contribution in [0.25, 0.3) is 0 Å². The van der Waals surface area contributed by atoms with Crippen LogP contribution in [0.15, 0.2) is 0 Å². The number of nitrogens with one attached hydrogen (secondary N) is 2. The van der Waals surface area contributed by atoms with Crippen LogP contribution in [0.4, 0.5) is 0 Å². The Labute approximate surface area is 106 Å². The van der Waals surface area contributed by atoms with Gasteiger partial charge in [0.25, 0.3) is 0 Å². The van der Waals surface area contributed by atoms with Crippen molar-refractivity contribution in [2.75, 3.05) is 0 Å². The summed E-state index contributed by atoms with van der Waals surface area (Å²) in [5.41, 5.74) is 0. The number of rotatable bonds is 5. The summed E-state index contributed by atoms with van der Waals surface area (Å²) in [6, 6.07) is 0.303. The molecule has 2 aliphatic rings. The van der Waals surface area contributed by atoms with Crippen molar-refractivity contribution >= 4 is 5.91 Å². The van der Waals surface area contributed by atoms with Gasteiger partial charge in [-0.05, 0) is 37.5 Å². The van der Waals surface area contributed by atoms with Gasteiger partial charge in [0.15, 0.2) is 5.82 Å². The molecular weight excluding hydrogens is 230 g/mol. The van der Waals surface area contributed by atoms with Crippen molar-refractivity contribution < 1.29 is 4.79 Å². The normalized spacial score (nSPS) is 33.8. The van der Waals surface area contributed by atoms with E-state index in [0.29, 0.717) is 18.4 Å². The molecule has 98 valence electrons. The van der Waals surface area contributed by atoms with Crippen molar-refractivity contribution in [3.05, 3.63) is 5.82 Å². The summed E-state index contributed by atoms with van der Waals surface area (Å²) in [7, 11) is 0. The summed E-state index contributed by atoms with van der Waals surface area (Å²) < 4.78 is 0. The fraction of sp³-hybridized carbons (Fsp3) is 0.833. The van der Waals surface area contributed by atoms with E-state index in [1.54, 1.807) is 0 Å². The number of hydrogen-bond acceptors (Lipinski definition) is 4. The van der Waals surface area contributed by atoms with Crippen molar-refractivity contribution in [2.24, 2.45) is 11.8 Å². The van der Waals surface area contributed by atoms with Crippen molar-refractivity contribution in [1.82, 2.24) is 25.9 Å². The summed E-state index contributed by atoms with van der Waals surface area (Å²) in [6.07, 6.45) is 4.90. The molecule has 0 unspecified atom stereocenters. The average molecular weight is 249 g/mol. The number of carbonyl (C=O) groups is 1. The summed E-state index contributed by atoms with van der Waals surface area (Å²) in [5, 5.41) is 17.0. The highest BCUT2D eigenvalue weighted by Gasteiger charge is 2.35. The van der Waals surface area contributed by atoms with E-state index in [9.17, 15) is 4.79 Å². The smallest absolute Gasteiger partial charge is 0.220 e. The molecule has 0 radical (unpaired) electrons. The summed E-state index contributed by atoms with van der Waals surface area (Å²) in [5.74, 6) is 2.96. The number of H-pyrrole nitrogens is 1. The van der Waals surface area contributed by atoms with Gasteiger partial charge in [-0.1, -0.05) is 12.1 Å². The highest BCUT2D eigenvalue weighted by atomic mass is 16.1. The third-order valence-corrected chi connectivity index (χ3v) is 4.25. The molecule has 1 aromatic heterocycles. The van der Waals surface area contributed by atoms with Crippen LogP contribution in [0.2, 0.25) is 0 Å². The van der Waals surface area contributed by atoms with Gasteiger partial charge in [0, 0.05) is 18.4 Å². The highest BCUT2D eigenvalue weighted by molar-refractivity contribution is 5.76. The van der Waals surface area contributed by atoms with Gasteiger partial charge >= 0.3 is 0 Å². The van der Waals surface area contributed by atoms with E-state index < -0.39 is 0 Å². The summed E-state index contributed by atoms with van der Waals surface area (Å²) in [6.45, 7) is 2.25. The third kappa shape index (κ3) is 2.52. The van der Waals surface area contributed by atoms with Crippen LogP contribution in [-0.2, 0) is 4.79 Å². The first kappa shape index (κ1) is 11.6. The molecule has 6 heteroatoms. The number of aromatic nitrogens is 4. The van der Waals surface area contributed by atoms with Gasteiger partial charge in [0.1, 0.15) is 0 Å². The third-order valence-electron chi connectivity index (χ3n) is 4.25. The number of aromatic amines is 1. The number of hydrogen-bond donors (Lipinski definition) is 2. The molecule has 0 aliphatic heterocycles. The zero-order valence-corrected chi connectivity index (χ0v) is 10.6. The molecule has 2 atom stereocenters. The topological polar surface area (TPSA) is 83.6 Å². The van der Waals surface area contributed by atoms with Gasteiger partial charge in [0.2, 0.25) is 5.91 Å². The number of tetrazole rings is 1. The largest absolute Gasteiger partial charge is 0.353 e. The van der Waals surface area contributed by atoms with Crippen LogP contribution in [0, 0.1) is 11.8 Å². The van der Waals surface area contributed by atoms with E-state index in [2.05, 4.69) is 32.9 Å². The van der Waals surface area contributed by atoms with Crippen molar-refractivity contribution in [2.45, 2.75) is 51.0 Å². The van der Waals surface area contributed by atoms with Gasteiger partial charge < -0.3 is 5.32 Å². The van der Waals surface area contributed by atoms with Crippen LogP contribution in [-0.4, -0.2) is 32.6 Å². The van der Waals surface area contributed by atoms with E-state index in [0.717, 1.165) is 36.9 Å². The minimum absolute atomic E-state index is 0.200. The maximum Gasteiger partial charge on any atom is 0.220 e. The van der Waals surface area contributed by atoms with Gasteiger partial charge in [-0.3, -0.25) is 4.79 Å². The van der Waals surface area contributed by atoms with Crippen LogP contribution < -0.4 is 5.32 Å². The Morgan fingerprint density at radius 2 is 2.22 bits per heavy atom. The van der Waals surface area contributed by atoms with E-state index in [4.69, 9.17) is 0 Å². The minimum Gasteiger partial charge on any atom is -0.353 e. The molecule has 0 aromatic carbocycles. The lowest BCUT2D eigenvalue weighted by atomic mass is 9.79. The molecule has 1 aromatic rings. The molecule has 2 saturated carbocycles. The van der Waals surface area contributed by atoms with Crippen LogP contribution in [0.1, 0.15) is 50.8 Å². The lowest BCUT2D eigenvalue weighted by Gasteiger charge is -2.33. The SMILES string of the molecule is C[C@@H]1C[C@H]1CCC(=O)NC1CC(c2nn[nH]n2)C1. The predicted molar refractivity (Wildman–Crippen MR) is 64.6 cm³/mol. The zero-order valence-electron chi connectivity index (χ0n) is 10.6. The second-order valence-electron chi connectivity index (χ2n) is 5.71. The van der Waals surface area contributed by atoms with E-state index in [-0.39, 0.29) is 5.91 Å². The first-order chi connectivity index (χ1) is 8.72. The molecule has 1 amide bonds. The number of amides is 1. The second-order valence-corrected chi connectivity index (χ2v) is 5.71. The molecule has 2 aliphatic carbocycles. The van der Waals surface area contributed by atoms with E-state index in [1.165, 1.54) is 6.42 Å². The van der Waals surface area contributed by atoms with Crippen LogP contribution >= 0.6 is 0 Å². The Morgan fingerprint density at radius 1 is 1.44 bits per heavy atom. The molecule has 0 spiro atoms. The number of nitrogens with zero attached hydrogens (tertiary/aromatic N) is 3. The quantitative estimate of drug-likeness (QED) is 0.815. The molecule has 18 heavy (non-hydrogen) atoms. The standard InChI is InChI=1S/C12H19N5O/c1-7-4-8(7)2-3-11(18)13-10-5-9(6-10)12-14-16-17-15-12/h7-10H,2-6H2,1H3,(H,13,18)(H,14,15,16,17)/t7-,8-,9?,10?/m1/s1. The maximum absolute atomic E-state index is 11.7. The fourth-order valence-electron chi connectivity index (χ4n) is 2.71. The zero-order chi connectivity index (χ0) is 12.5. The van der Waals surface area contributed by atoms with Crippen molar-refractivity contribution in [3.8, 4) is 0 Å². The Balaban J connectivity index is 1.34. The Bertz CT molecular complexity index is 412. The molecular formula is C12H19N5O. The molecule has 2 N–H and O–H groups in total. The molecule has 0 saturated heterocycles. The molecule has 6 nitrogen and oxygen atoms in total. The molecule has 1 heterocycles. The van der Waals surface area contributed by atoms with E-state index >= 15 is 0 Å². The lowest BCUT2D eigenvalue weighted by molar-refractivity contribution is -0.122.